The summed E-state index contributed by atoms with van der Waals surface area (Å²) in [7, 11) is 0. The average molecular weight is 296 g/mol. The second-order valence-electron chi connectivity index (χ2n) is 5.70. The molecule has 2 rings (SSSR count). The molecular weight excluding hydrogens is 272 g/mol. The van der Waals surface area contributed by atoms with Crippen molar-refractivity contribution >= 4 is 11.9 Å². The van der Waals surface area contributed by atoms with E-state index < -0.39 is 0 Å². The zero-order valence-electron chi connectivity index (χ0n) is 12.6. The minimum Gasteiger partial charge on any atom is -0.461 e. The number of nitrogens with one attached hydrogen (secondary N) is 2. The molecule has 1 aromatic rings. The summed E-state index contributed by atoms with van der Waals surface area (Å²) < 4.78 is 5.49. The molecule has 21 heavy (non-hydrogen) atoms. The Bertz CT molecular complexity index is 462. The van der Waals surface area contributed by atoms with Gasteiger partial charge in [-0.15, -0.1) is 0 Å². The monoisotopic (exact) mass is 296 g/mol. The number of aliphatic hydroxyl groups excluding tert-OH is 1. The second kappa shape index (κ2) is 6.86. The molecule has 0 aliphatic heterocycles. The van der Waals surface area contributed by atoms with E-state index in [0.717, 1.165) is 25.7 Å². The number of ether oxygens (including phenoxy) is 1. The molecule has 1 aromatic heterocycles. The quantitative estimate of drug-likeness (QED) is 0.454. The van der Waals surface area contributed by atoms with E-state index in [2.05, 4.69) is 25.7 Å². The Morgan fingerprint density at radius 3 is 2.43 bits per heavy atom. The van der Waals surface area contributed by atoms with Crippen LogP contribution in [0.3, 0.4) is 0 Å². The highest BCUT2D eigenvalue weighted by molar-refractivity contribution is 5.37. The number of nitrogen functional groups attached to an aromatic ring is 1. The predicted octanol–water partition coefficient (Wildman–Crippen LogP) is 1.05. The maximum Gasteiger partial charge on any atom is 0.323 e. The van der Waals surface area contributed by atoms with Crippen LogP contribution in [0.1, 0.15) is 46.0 Å². The first kappa shape index (κ1) is 15.7. The van der Waals surface area contributed by atoms with Crippen molar-refractivity contribution in [3.8, 4) is 6.01 Å². The number of aliphatic hydroxyl groups is 1. The highest BCUT2D eigenvalue weighted by Gasteiger charge is 2.32. The van der Waals surface area contributed by atoms with Crippen LogP contribution in [0.2, 0.25) is 0 Å². The molecule has 1 saturated carbocycles. The smallest absolute Gasteiger partial charge is 0.323 e. The average Bonchev–Trinajstić information content (AvgIpc) is 2.47. The highest BCUT2D eigenvalue weighted by atomic mass is 16.5. The van der Waals surface area contributed by atoms with Gasteiger partial charge in [-0.1, -0.05) is 19.3 Å². The summed E-state index contributed by atoms with van der Waals surface area (Å²) in [5, 5.41) is 13.0. The Kier molecular flexibility index (Phi) is 5.13. The van der Waals surface area contributed by atoms with Crippen molar-refractivity contribution in [3.05, 3.63) is 0 Å². The van der Waals surface area contributed by atoms with Crippen LogP contribution in [0.4, 0.5) is 11.9 Å². The van der Waals surface area contributed by atoms with Crippen LogP contribution in [0.25, 0.3) is 0 Å². The van der Waals surface area contributed by atoms with Crippen molar-refractivity contribution in [2.45, 2.75) is 57.6 Å². The molecule has 8 nitrogen and oxygen atoms in total. The summed E-state index contributed by atoms with van der Waals surface area (Å²) >= 11 is 0. The number of aromatic nitrogens is 3. The summed E-state index contributed by atoms with van der Waals surface area (Å²) in [6.45, 7) is 3.83. The van der Waals surface area contributed by atoms with Crippen molar-refractivity contribution in [1.82, 2.24) is 15.0 Å². The van der Waals surface area contributed by atoms with Crippen LogP contribution in [0.15, 0.2) is 0 Å². The Morgan fingerprint density at radius 2 is 1.86 bits per heavy atom. The van der Waals surface area contributed by atoms with Crippen LogP contribution < -0.4 is 21.3 Å². The van der Waals surface area contributed by atoms with E-state index in [1.54, 1.807) is 0 Å². The summed E-state index contributed by atoms with van der Waals surface area (Å²) in [6.07, 6.45) is 5.08. The molecule has 0 unspecified atom stereocenters. The van der Waals surface area contributed by atoms with Crippen molar-refractivity contribution in [1.29, 1.82) is 0 Å². The Labute approximate surface area is 124 Å². The lowest BCUT2D eigenvalue weighted by Gasteiger charge is -2.36. The first-order valence-electron chi connectivity index (χ1n) is 7.35. The third-order valence-electron chi connectivity index (χ3n) is 3.58. The maximum absolute atomic E-state index is 9.74. The molecule has 0 atom stereocenters. The van der Waals surface area contributed by atoms with E-state index in [1.807, 2.05) is 13.8 Å². The molecule has 1 aliphatic rings. The van der Waals surface area contributed by atoms with Gasteiger partial charge in [0.1, 0.15) is 0 Å². The number of hydrazine groups is 1. The molecule has 8 heteroatoms. The Balaban J connectivity index is 2.21. The molecule has 5 N–H and O–H groups in total. The molecule has 1 fully saturated rings. The molecule has 0 amide bonds. The molecule has 0 saturated heterocycles. The van der Waals surface area contributed by atoms with Gasteiger partial charge in [0.15, 0.2) is 0 Å². The van der Waals surface area contributed by atoms with Gasteiger partial charge in [-0.05, 0) is 26.7 Å². The van der Waals surface area contributed by atoms with Crippen molar-refractivity contribution in [3.63, 3.8) is 0 Å². The van der Waals surface area contributed by atoms with Crippen LogP contribution in [-0.2, 0) is 0 Å². The van der Waals surface area contributed by atoms with Crippen LogP contribution in [0.5, 0.6) is 6.01 Å². The molecule has 0 bridgehead atoms. The lowest BCUT2D eigenvalue weighted by atomic mass is 9.82. The van der Waals surface area contributed by atoms with E-state index in [1.165, 1.54) is 6.42 Å². The molecule has 1 aliphatic carbocycles. The van der Waals surface area contributed by atoms with Crippen molar-refractivity contribution in [2.24, 2.45) is 5.84 Å². The fraction of sp³-hybridized carbons (Fsp3) is 0.769. The van der Waals surface area contributed by atoms with Crippen LogP contribution in [-0.4, -0.2) is 38.3 Å². The van der Waals surface area contributed by atoms with E-state index in [0.29, 0.717) is 5.95 Å². The fourth-order valence-electron chi connectivity index (χ4n) is 2.53. The number of hydrogen-bond acceptors (Lipinski definition) is 8. The van der Waals surface area contributed by atoms with Gasteiger partial charge in [0, 0.05) is 0 Å². The van der Waals surface area contributed by atoms with Gasteiger partial charge in [0.05, 0.1) is 18.2 Å². The Hall–Kier alpha value is -1.67. The normalized spacial score (nSPS) is 17.6. The molecule has 118 valence electrons. The molecule has 0 spiro atoms. The van der Waals surface area contributed by atoms with Crippen LogP contribution in [0, 0.1) is 0 Å². The van der Waals surface area contributed by atoms with Gasteiger partial charge in [-0.25, -0.2) is 5.84 Å². The van der Waals surface area contributed by atoms with E-state index >= 15 is 0 Å². The topological polar surface area (TPSA) is 118 Å². The standard InChI is InChI=1S/C13H24N6O2/c1-9(2)21-12-16-10(15-11(17-12)19-14)18-13(8-20)6-4-3-5-7-13/h9,20H,3-8,14H2,1-2H3,(H2,15,16,17,18,19). The zero-order chi connectivity index (χ0) is 15.3. The highest BCUT2D eigenvalue weighted by Crippen LogP contribution is 2.30. The number of hydrogen-bond donors (Lipinski definition) is 4. The fourth-order valence-corrected chi connectivity index (χ4v) is 2.53. The predicted molar refractivity (Wildman–Crippen MR) is 79.9 cm³/mol. The van der Waals surface area contributed by atoms with Gasteiger partial charge in [-0.3, -0.25) is 5.43 Å². The summed E-state index contributed by atoms with van der Waals surface area (Å²) in [5.74, 6) is 5.98. The van der Waals surface area contributed by atoms with Crippen molar-refractivity contribution in [2.75, 3.05) is 17.3 Å². The Morgan fingerprint density at radius 1 is 1.19 bits per heavy atom. The molecular formula is C13H24N6O2. The van der Waals surface area contributed by atoms with Crippen molar-refractivity contribution < 1.29 is 9.84 Å². The van der Waals surface area contributed by atoms with Gasteiger partial charge in [0.25, 0.3) is 0 Å². The maximum atomic E-state index is 9.74. The molecule has 0 radical (unpaired) electrons. The molecule has 1 heterocycles. The minimum absolute atomic E-state index is 0.0461. The number of rotatable bonds is 6. The van der Waals surface area contributed by atoms with Crippen LogP contribution >= 0.6 is 0 Å². The number of nitrogens with zero attached hydrogens (tertiary/aromatic N) is 3. The van der Waals surface area contributed by atoms with Gasteiger partial charge < -0.3 is 15.2 Å². The largest absolute Gasteiger partial charge is 0.461 e. The second-order valence-corrected chi connectivity index (χ2v) is 5.70. The lowest BCUT2D eigenvalue weighted by Crippen LogP contribution is -2.44. The summed E-state index contributed by atoms with van der Waals surface area (Å²) in [4.78, 5) is 12.5. The van der Waals surface area contributed by atoms with E-state index in [-0.39, 0.29) is 30.2 Å². The third-order valence-corrected chi connectivity index (χ3v) is 3.58. The minimum atomic E-state index is -0.374. The summed E-state index contributed by atoms with van der Waals surface area (Å²) in [5.41, 5.74) is 2.03. The first-order chi connectivity index (χ1) is 10.1. The zero-order valence-corrected chi connectivity index (χ0v) is 12.6. The van der Waals surface area contributed by atoms with Gasteiger partial charge >= 0.3 is 6.01 Å². The first-order valence-corrected chi connectivity index (χ1v) is 7.35. The van der Waals surface area contributed by atoms with Gasteiger partial charge in [-0.2, -0.15) is 15.0 Å². The number of nitrogens with two attached hydrogens (primary N) is 1. The van der Waals surface area contributed by atoms with E-state index in [4.69, 9.17) is 10.6 Å². The summed E-state index contributed by atoms with van der Waals surface area (Å²) in [6, 6.07) is 0.208. The third kappa shape index (κ3) is 4.15. The van der Waals surface area contributed by atoms with Gasteiger partial charge in [0.2, 0.25) is 11.9 Å². The lowest BCUT2D eigenvalue weighted by molar-refractivity contribution is 0.171. The SMILES string of the molecule is CC(C)Oc1nc(NN)nc(NC2(CO)CCCCC2)n1. The molecule has 0 aromatic carbocycles. The van der Waals surface area contributed by atoms with E-state index in [9.17, 15) is 5.11 Å². The number of anilines is 2.